The second-order valence-electron chi connectivity index (χ2n) is 6.45. The molecule has 0 aromatic heterocycles. The Morgan fingerprint density at radius 1 is 1.19 bits per heavy atom. The SMILES string of the molecule is CC(C=C(F)B1OC(C)(C)C(C)(C)O1)c1ccccc1Cl. The van der Waals surface area contributed by atoms with Crippen LogP contribution in [0.3, 0.4) is 0 Å². The predicted octanol–water partition coefficient (Wildman–Crippen LogP) is 4.93. The van der Waals surface area contributed by atoms with Crippen molar-refractivity contribution in [3.8, 4) is 0 Å². The third kappa shape index (κ3) is 3.33. The van der Waals surface area contributed by atoms with Gasteiger partial charge in [0.1, 0.15) is 5.73 Å². The first-order chi connectivity index (χ1) is 9.64. The van der Waals surface area contributed by atoms with E-state index < -0.39 is 24.0 Å². The Bertz CT molecular complexity index is 541. The lowest BCUT2D eigenvalue weighted by atomic mass is 9.85. The zero-order chi connectivity index (χ0) is 15.8. The largest absolute Gasteiger partial charge is 0.524 e. The van der Waals surface area contributed by atoms with Gasteiger partial charge in [-0.1, -0.05) is 36.7 Å². The van der Waals surface area contributed by atoms with Gasteiger partial charge in [-0.2, -0.15) is 0 Å². The van der Waals surface area contributed by atoms with E-state index in [2.05, 4.69) is 0 Å². The highest BCUT2D eigenvalue weighted by Gasteiger charge is 2.53. The highest BCUT2D eigenvalue weighted by molar-refractivity contribution is 6.53. The van der Waals surface area contributed by atoms with Crippen LogP contribution in [0.2, 0.25) is 5.02 Å². The second-order valence-corrected chi connectivity index (χ2v) is 6.86. The standard InChI is InChI=1S/C16H21BClFO2/c1-11(12-8-6-7-9-13(12)18)10-14(19)17-20-15(2,3)16(4,5)21-17/h6-11H,1-5H3. The Kier molecular flexibility index (Phi) is 4.53. The molecule has 1 aromatic carbocycles. The molecule has 2 nitrogen and oxygen atoms in total. The molecule has 2 rings (SSSR count). The Morgan fingerprint density at radius 2 is 1.71 bits per heavy atom. The van der Waals surface area contributed by atoms with Crippen LogP contribution in [-0.4, -0.2) is 18.3 Å². The molecule has 0 N–H and O–H groups in total. The average Bonchev–Trinajstić information content (AvgIpc) is 2.59. The molecule has 1 saturated heterocycles. The second kappa shape index (κ2) is 5.75. The molecule has 1 unspecified atom stereocenters. The van der Waals surface area contributed by atoms with Crippen molar-refractivity contribution in [1.29, 1.82) is 0 Å². The van der Waals surface area contributed by atoms with Crippen LogP contribution in [0.4, 0.5) is 4.39 Å². The summed E-state index contributed by atoms with van der Waals surface area (Å²) in [5.74, 6) is -0.155. The molecule has 1 aliphatic rings. The molecule has 1 aliphatic heterocycles. The molecule has 114 valence electrons. The molecule has 1 atom stereocenters. The minimum atomic E-state index is -0.958. The molecule has 21 heavy (non-hydrogen) atoms. The van der Waals surface area contributed by atoms with E-state index in [-0.39, 0.29) is 5.92 Å². The van der Waals surface area contributed by atoms with E-state index in [1.807, 2.05) is 52.8 Å². The minimum Gasteiger partial charge on any atom is -0.398 e. The van der Waals surface area contributed by atoms with Crippen molar-refractivity contribution in [2.24, 2.45) is 0 Å². The fourth-order valence-electron chi connectivity index (χ4n) is 2.21. The smallest absolute Gasteiger partial charge is 0.398 e. The molecule has 0 radical (unpaired) electrons. The van der Waals surface area contributed by atoms with Gasteiger partial charge >= 0.3 is 7.12 Å². The van der Waals surface area contributed by atoms with Crippen molar-refractivity contribution in [3.05, 3.63) is 46.7 Å². The van der Waals surface area contributed by atoms with Crippen molar-refractivity contribution in [2.45, 2.75) is 51.7 Å². The van der Waals surface area contributed by atoms with Crippen LogP contribution < -0.4 is 0 Å². The third-order valence-electron chi connectivity index (χ3n) is 4.28. The normalized spacial score (nSPS) is 22.4. The Labute approximate surface area is 131 Å². The number of benzene rings is 1. The fraction of sp³-hybridized carbons (Fsp3) is 0.500. The lowest BCUT2D eigenvalue weighted by molar-refractivity contribution is 0.00578. The van der Waals surface area contributed by atoms with Gasteiger partial charge in [-0.05, 0) is 45.4 Å². The molecule has 5 heteroatoms. The van der Waals surface area contributed by atoms with Crippen molar-refractivity contribution in [3.63, 3.8) is 0 Å². The van der Waals surface area contributed by atoms with Gasteiger partial charge in [0.2, 0.25) is 0 Å². The van der Waals surface area contributed by atoms with Gasteiger partial charge < -0.3 is 9.31 Å². The molecule has 0 saturated carbocycles. The maximum atomic E-state index is 14.4. The summed E-state index contributed by atoms with van der Waals surface area (Å²) in [6.07, 6.45) is 1.50. The molecular weight excluding hydrogens is 289 g/mol. The quantitative estimate of drug-likeness (QED) is 0.737. The van der Waals surface area contributed by atoms with E-state index in [0.717, 1.165) is 5.56 Å². The first-order valence-electron chi connectivity index (χ1n) is 7.11. The summed E-state index contributed by atoms with van der Waals surface area (Å²) in [6.45, 7) is 9.50. The van der Waals surface area contributed by atoms with Gasteiger partial charge in [-0.3, -0.25) is 0 Å². The van der Waals surface area contributed by atoms with E-state index >= 15 is 0 Å². The van der Waals surface area contributed by atoms with Crippen LogP contribution in [-0.2, 0) is 9.31 Å². The summed E-state index contributed by atoms with van der Waals surface area (Å²) >= 11 is 6.14. The summed E-state index contributed by atoms with van der Waals surface area (Å²) in [6, 6.07) is 7.43. The molecular formula is C16H21BClFO2. The van der Waals surface area contributed by atoms with Gasteiger partial charge in [0.05, 0.1) is 11.2 Å². The fourth-order valence-corrected chi connectivity index (χ4v) is 2.52. The number of hydrogen-bond acceptors (Lipinski definition) is 2. The zero-order valence-electron chi connectivity index (χ0n) is 13.1. The van der Waals surface area contributed by atoms with E-state index in [0.29, 0.717) is 5.02 Å². The third-order valence-corrected chi connectivity index (χ3v) is 4.63. The lowest BCUT2D eigenvalue weighted by Gasteiger charge is -2.32. The number of rotatable bonds is 3. The summed E-state index contributed by atoms with van der Waals surface area (Å²) < 4.78 is 25.8. The van der Waals surface area contributed by atoms with Gasteiger partial charge in [0.25, 0.3) is 0 Å². The van der Waals surface area contributed by atoms with Crippen LogP contribution >= 0.6 is 11.6 Å². The van der Waals surface area contributed by atoms with Crippen LogP contribution in [0.1, 0.15) is 46.1 Å². The summed E-state index contributed by atoms with van der Waals surface area (Å²) in [5, 5.41) is 0.628. The molecule has 0 aliphatic carbocycles. The molecule has 1 aromatic rings. The van der Waals surface area contributed by atoms with Crippen LogP contribution in [0, 0.1) is 0 Å². The topological polar surface area (TPSA) is 18.5 Å². The van der Waals surface area contributed by atoms with Crippen molar-refractivity contribution in [2.75, 3.05) is 0 Å². The maximum absolute atomic E-state index is 14.4. The minimum absolute atomic E-state index is 0.155. The number of allylic oxidation sites excluding steroid dienone is 1. The van der Waals surface area contributed by atoms with Gasteiger partial charge in [0.15, 0.2) is 0 Å². The first-order valence-corrected chi connectivity index (χ1v) is 7.49. The Hall–Kier alpha value is -0.835. The summed E-state index contributed by atoms with van der Waals surface area (Å²) in [5.41, 5.74) is -0.626. The van der Waals surface area contributed by atoms with Gasteiger partial charge in [-0.15, -0.1) is 0 Å². The van der Waals surface area contributed by atoms with E-state index in [1.54, 1.807) is 6.07 Å². The van der Waals surface area contributed by atoms with Crippen LogP contribution in [0.5, 0.6) is 0 Å². The summed E-state index contributed by atoms with van der Waals surface area (Å²) in [7, 11) is -0.958. The maximum Gasteiger partial charge on any atom is 0.524 e. The van der Waals surface area contributed by atoms with Gasteiger partial charge in [-0.25, -0.2) is 4.39 Å². The van der Waals surface area contributed by atoms with Crippen LogP contribution in [0.15, 0.2) is 36.1 Å². The average molecular weight is 311 g/mol. The molecule has 0 bridgehead atoms. The molecule has 1 fully saturated rings. The number of hydrogen-bond donors (Lipinski definition) is 0. The molecule has 1 heterocycles. The van der Waals surface area contributed by atoms with Crippen molar-refractivity contribution >= 4 is 18.7 Å². The van der Waals surface area contributed by atoms with Crippen molar-refractivity contribution < 1.29 is 13.7 Å². The van der Waals surface area contributed by atoms with Crippen molar-refractivity contribution in [1.82, 2.24) is 0 Å². The Balaban J connectivity index is 2.18. The van der Waals surface area contributed by atoms with E-state index in [4.69, 9.17) is 20.9 Å². The molecule has 0 amide bonds. The predicted molar refractivity (Wildman–Crippen MR) is 85.1 cm³/mol. The zero-order valence-corrected chi connectivity index (χ0v) is 13.9. The highest BCUT2D eigenvalue weighted by Crippen LogP contribution is 2.39. The van der Waals surface area contributed by atoms with E-state index in [1.165, 1.54) is 6.08 Å². The van der Waals surface area contributed by atoms with Crippen LogP contribution in [0.25, 0.3) is 0 Å². The highest BCUT2D eigenvalue weighted by atomic mass is 35.5. The Morgan fingerprint density at radius 3 is 2.24 bits per heavy atom. The molecule has 0 spiro atoms. The first kappa shape index (κ1) is 16.5. The summed E-state index contributed by atoms with van der Waals surface area (Å²) in [4.78, 5) is 0. The van der Waals surface area contributed by atoms with Gasteiger partial charge in [0, 0.05) is 10.9 Å². The monoisotopic (exact) mass is 310 g/mol. The number of halogens is 2. The van der Waals surface area contributed by atoms with E-state index in [9.17, 15) is 4.39 Å². The lowest BCUT2D eigenvalue weighted by Crippen LogP contribution is -2.41.